The average molecular weight is 484 g/mol. The average Bonchev–Trinajstić information content (AvgIpc) is 3.33. The lowest BCUT2D eigenvalue weighted by Crippen LogP contribution is -2.14. The third kappa shape index (κ3) is 5.30. The molecule has 3 aromatic rings. The van der Waals surface area contributed by atoms with Crippen LogP contribution in [0.3, 0.4) is 0 Å². The first kappa shape index (κ1) is 25.4. The van der Waals surface area contributed by atoms with Crippen molar-refractivity contribution in [2.75, 3.05) is 12.4 Å². The summed E-state index contributed by atoms with van der Waals surface area (Å²) in [5.74, 6) is 0.949. The fourth-order valence-corrected chi connectivity index (χ4v) is 4.01. The SMILES string of the molecule is C\C=C(F)/C=C(\C=C(/C)CC)c1c(C)c(Cl)cc(C(CC)Nc2ncnc3nc[nH]c23)c1OC. The molecule has 3 rings (SSSR count). The van der Waals surface area contributed by atoms with Crippen LogP contribution in [0.1, 0.15) is 63.3 Å². The Hall–Kier alpha value is -3.19. The van der Waals surface area contributed by atoms with Crippen LogP contribution in [0.15, 0.2) is 48.3 Å². The number of aromatic nitrogens is 4. The summed E-state index contributed by atoms with van der Waals surface area (Å²) in [5, 5.41) is 4.06. The number of H-pyrrole nitrogens is 1. The second-order valence-corrected chi connectivity index (χ2v) is 8.43. The number of halogens is 2. The monoisotopic (exact) mass is 483 g/mol. The number of nitrogens with one attached hydrogen (secondary N) is 2. The number of hydrogen-bond acceptors (Lipinski definition) is 5. The van der Waals surface area contributed by atoms with Gasteiger partial charge in [-0.05, 0) is 56.9 Å². The molecule has 6 nitrogen and oxygen atoms in total. The number of anilines is 1. The van der Waals surface area contributed by atoms with Crippen LogP contribution < -0.4 is 10.1 Å². The van der Waals surface area contributed by atoms with E-state index in [1.807, 2.05) is 26.0 Å². The number of benzene rings is 1. The Morgan fingerprint density at radius 2 is 2.03 bits per heavy atom. The van der Waals surface area contributed by atoms with Gasteiger partial charge in [-0.2, -0.15) is 0 Å². The van der Waals surface area contributed by atoms with Gasteiger partial charge in [-0.1, -0.05) is 43.2 Å². The van der Waals surface area contributed by atoms with E-state index in [0.717, 1.165) is 40.6 Å². The normalized spacial score (nSPS) is 13.9. The number of fused-ring (bicyclic) bond motifs is 1. The molecule has 0 amide bonds. The van der Waals surface area contributed by atoms with E-state index in [1.54, 1.807) is 20.4 Å². The summed E-state index contributed by atoms with van der Waals surface area (Å²) in [6, 6.07) is 1.73. The first-order valence-corrected chi connectivity index (χ1v) is 11.7. The largest absolute Gasteiger partial charge is 0.496 e. The summed E-state index contributed by atoms with van der Waals surface area (Å²) < 4.78 is 20.4. The highest BCUT2D eigenvalue weighted by molar-refractivity contribution is 6.31. The highest BCUT2D eigenvalue weighted by atomic mass is 35.5. The zero-order chi connectivity index (χ0) is 24.8. The second-order valence-electron chi connectivity index (χ2n) is 8.03. The molecule has 2 heterocycles. The fourth-order valence-electron chi connectivity index (χ4n) is 3.80. The quantitative estimate of drug-likeness (QED) is 0.308. The van der Waals surface area contributed by atoms with Gasteiger partial charge in [0.1, 0.15) is 23.4 Å². The molecule has 1 aromatic carbocycles. The number of hydrogen-bond donors (Lipinski definition) is 2. The van der Waals surface area contributed by atoms with Crippen molar-refractivity contribution in [3.63, 3.8) is 0 Å². The van der Waals surface area contributed by atoms with Gasteiger partial charge in [-0.15, -0.1) is 0 Å². The third-order valence-electron chi connectivity index (χ3n) is 5.84. The number of allylic oxidation sites excluding steroid dienone is 6. The summed E-state index contributed by atoms with van der Waals surface area (Å²) in [4.78, 5) is 15.9. The third-order valence-corrected chi connectivity index (χ3v) is 6.24. The summed E-state index contributed by atoms with van der Waals surface area (Å²) in [6.45, 7) is 9.75. The zero-order valence-corrected chi connectivity index (χ0v) is 21.2. The summed E-state index contributed by atoms with van der Waals surface area (Å²) in [7, 11) is 1.63. The van der Waals surface area contributed by atoms with Gasteiger partial charge in [0.15, 0.2) is 11.5 Å². The predicted octanol–water partition coefficient (Wildman–Crippen LogP) is 7.50. The van der Waals surface area contributed by atoms with E-state index in [-0.39, 0.29) is 11.9 Å². The molecule has 0 radical (unpaired) electrons. The summed E-state index contributed by atoms with van der Waals surface area (Å²) in [5.41, 5.74) is 5.57. The van der Waals surface area contributed by atoms with E-state index in [4.69, 9.17) is 16.3 Å². The van der Waals surface area contributed by atoms with E-state index in [1.165, 1.54) is 18.5 Å². The summed E-state index contributed by atoms with van der Waals surface area (Å²) >= 11 is 6.73. The second kappa shape index (κ2) is 11.3. The molecule has 1 atom stereocenters. The summed E-state index contributed by atoms with van der Waals surface area (Å²) in [6.07, 6.45) is 9.57. The van der Waals surface area contributed by atoms with Crippen molar-refractivity contribution in [3.05, 3.63) is 70.1 Å². The molecule has 0 aliphatic rings. The lowest BCUT2D eigenvalue weighted by atomic mass is 9.91. The van der Waals surface area contributed by atoms with Crippen LogP contribution >= 0.6 is 11.6 Å². The predicted molar refractivity (Wildman–Crippen MR) is 138 cm³/mol. The van der Waals surface area contributed by atoms with Crippen LogP contribution in [0, 0.1) is 6.92 Å². The number of nitrogens with zero attached hydrogens (tertiary/aromatic N) is 3. The number of imidazole rings is 1. The van der Waals surface area contributed by atoms with Crippen molar-refractivity contribution in [1.29, 1.82) is 0 Å². The van der Waals surface area contributed by atoms with Crippen molar-refractivity contribution in [3.8, 4) is 5.75 Å². The van der Waals surface area contributed by atoms with Crippen molar-refractivity contribution in [2.24, 2.45) is 0 Å². The molecule has 0 saturated heterocycles. The molecular weight excluding hydrogens is 453 g/mol. The molecule has 0 fully saturated rings. The number of aromatic amines is 1. The molecule has 2 N–H and O–H groups in total. The van der Waals surface area contributed by atoms with Gasteiger partial charge in [-0.25, -0.2) is 19.3 Å². The molecule has 0 saturated carbocycles. The molecule has 0 aliphatic carbocycles. The van der Waals surface area contributed by atoms with Crippen molar-refractivity contribution >= 4 is 34.2 Å². The Labute approximate surface area is 205 Å². The minimum Gasteiger partial charge on any atom is -0.496 e. The molecule has 0 spiro atoms. The number of methoxy groups -OCH3 is 1. The van der Waals surface area contributed by atoms with E-state index in [9.17, 15) is 4.39 Å². The van der Waals surface area contributed by atoms with Gasteiger partial charge >= 0.3 is 0 Å². The Kier molecular flexibility index (Phi) is 8.45. The van der Waals surface area contributed by atoms with Crippen LogP contribution in [0.4, 0.5) is 10.2 Å². The van der Waals surface area contributed by atoms with Crippen molar-refractivity contribution < 1.29 is 9.13 Å². The van der Waals surface area contributed by atoms with Crippen LogP contribution in [-0.4, -0.2) is 27.0 Å². The van der Waals surface area contributed by atoms with Crippen LogP contribution in [-0.2, 0) is 0 Å². The van der Waals surface area contributed by atoms with Crippen LogP contribution in [0.25, 0.3) is 16.7 Å². The maximum Gasteiger partial charge on any atom is 0.182 e. The van der Waals surface area contributed by atoms with Gasteiger partial charge in [0.25, 0.3) is 0 Å². The van der Waals surface area contributed by atoms with Crippen LogP contribution in [0.5, 0.6) is 5.75 Å². The first-order valence-electron chi connectivity index (χ1n) is 11.3. The molecule has 0 bridgehead atoms. The Balaban J connectivity index is 2.22. The minimum atomic E-state index is -0.328. The van der Waals surface area contributed by atoms with Crippen molar-refractivity contribution in [1.82, 2.24) is 19.9 Å². The molecule has 0 aliphatic heterocycles. The lowest BCUT2D eigenvalue weighted by Gasteiger charge is -2.25. The molecule has 180 valence electrons. The van der Waals surface area contributed by atoms with Gasteiger partial charge in [0.2, 0.25) is 0 Å². The fraction of sp³-hybridized carbons (Fsp3) is 0.346. The number of rotatable bonds is 9. The zero-order valence-electron chi connectivity index (χ0n) is 20.5. The van der Waals surface area contributed by atoms with Gasteiger partial charge < -0.3 is 15.0 Å². The first-order chi connectivity index (χ1) is 16.3. The lowest BCUT2D eigenvalue weighted by molar-refractivity contribution is 0.405. The van der Waals surface area contributed by atoms with Crippen molar-refractivity contribution in [2.45, 2.75) is 53.5 Å². The highest BCUT2D eigenvalue weighted by Crippen LogP contribution is 2.42. The molecule has 34 heavy (non-hydrogen) atoms. The molecule has 8 heteroatoms. The van der Waals surface area contributed by atoms with Gasteiger partial charge in [-0.3, -0.25) is 0 Å². The Morgan fingerprint density at radius 3 is 2.68 bits per heavy atom. The van der Waals surface area contributed by atoms with E-state index in [2.05, 4.69) is 39.1 Å². The maximum absolute atomic E-state index is 14.5. The highest BCUT2D eigenvalue weighted by Gasteiger charge is 2.24. The molecule has 1 unspecified atom stereocenters. The van der Waals surface area contributed by atoms with Gasteiger partial charge in [0.05, 0.1) is 19.5 Å². The number of ether oxygens (including phenoxy) is 1. The van der Waals surface area contributed by atoms with E-state index in [0.29, 0.717) is 27.8 Å². The standard InChI is InChI=1S/C26H31ClFN5O/c1-7-15(4)10-17(11-18(28)8-2)22-16(5)20(27)12-19(24(22)34-6)21(9-3)33-26-23-25(30-13-29-23)31-14-32-26/h8,10-14,21H,7,9H2,1-6H3,(H2,29,30,31,32,33)/b15-10+,17-11+,18-8+. The maximum atomic E-state index is 14.5. The smallest absolute Gasteiger partial charge is 0.182 e. The van der Waals surface area contributed by atoms with E-state index >= 15 is 0 Å². The molecular formula is C26H31ClFN5O. The minimum absolute atomic E-state index is 0.183. The van der Waals surface area contributed by atoms with E-state index < -0.39 is 0 Å². The Bertz CT molecular complexity index is 1260. The van der Waals surface area contributed by atoms with Crippen LogP contribution in [0.2, 0.25) is 5.02 Å². The van der Waals surface area contributed by atoms with Gasteiger partial charge in [0, 0.05) is 16.1 Å². The molecule has 2 aromatic heterocycles. The topological polar surface area (TPSA) is 75.7 Å². The Morgan fingerprint density at radius 1 is 1.26 bits per heavy atom.